The van der Waals surface area contributed by atoms with Gasteiger partial charge in [-0.25, -0.2) is 0 Å². The fraction of sp³-hybridized carbons (Fsp3) is 0.222. The highest BCUT2D eigenvalue weighted by molar-refractivity contribution is 6.31. The molecule has 4 heteroatoms. The Labute approximate surface area is 81.1 Å². The van der Waals surface area contributed by atoms with E-state index in [4.69, 9.17) is 21.6 Å². The van der Waals surface area contributed by atoms with E-state index in [0.29, 0.717) is 10.6 Å². The maximum atomic E-state index is 9.37. The molecule has 0 heterocycles. The van der Waals surface area contributed by atoms with Crippen LogP contribution in [0.25, 0.3) is 0 Å². The lowest BCUT2D eigenvalue weighted by Gasteiger charge is -2.08. The zero-order chi connectivity index (χ0) is 10.0. The topological polar surface area (TPSA) is 53.2 Å². The normalized spacial score (nSPS) is 9.38. The van der Waals surface area contributed by atoms with E-state index < -0.39 is 0 Å². The molecule has 0 aliphatic rings. The summed E-state index contributed by atoms with van der Waals surface area (Å²) < 4.78 is 4.87. The summed E-state index contributed by atoms with van der Waals surface area (Å²) in [7, 11) is 1.39. The van der Waals surface area contributed by atoms with Crippen molar-refractivity contribution >= 4 is 11.6 Å². The van der Waals surface area contributed by atoms with Crippen molar-refractivity contribution in [2.45, 2.75) is 6.92 Å². The molecule has 1 aromatic rings. The van der Waals surface area contributed by atoms with Crippen LogP contribution in [0.5, 0.6) is 11.5 Å². The molecule has 0 unspecified atom stereocenters. The Kier molecular flexibility index (Phi) is 2.64. The molecule has 1 rings (SSSR count). The van der Waals surface area contributed by atoms with Gasteiger partial charge in [-0.3, -0.25) is 0 Å². The van der Waals surface area contributed by atoms with Gasteiger partial charge >= 0.3 is 0 Å². The fourth-order valence-corrected chi connectivity index (χ4v) is 1.25. The number of hydrogen-bond donors (Lipinski definition) is 1. The zero-order valence-corrected chi connectivity index (χ0v) is 8.01. The third kappa shape index (κ3) is 1.53. The Balaban J connectivity index is 3.53. The van der Waals surface area contributed by atoms with Crippen molar-refractivity contribution in [1.29, 1.82) is 5.26 Å². The number of aromatic hydroxyl groups is 1. The molecule has 0 spiro atoms. The smallest absolute Gasteiger partial charge is 0.178 e. The molecule has 0 fully saturated rings. The Morgan fingerprint density at radius 1 is 1.62 bits per heavy atom. The van der Waals surface area contributed by atoms with Crippen LogP contribution in [0.3, 0.4) is 0 Å². The van der Waals surface area contributed by atoms with Crippen molar-refractivity contribution in [2.24, 2.45) is 0 Å². The highest BCUT2D eigenvalue weighted by Gasteiger charge is 2.14. The molecule has 0 radical (unpaired) electrons. The van der Waals surface area contributed by atoms with Crippen LogP contribution in [-0.2, 0) is 0 Å². The largest absolute Gasteiger partial charge is 0.504 e. The zero-order valence-electron chi connectivity index (χ0n) is 7.26. The summed E-state index contributed by atoms with van der Waals surface area (Å²) in [6.45, 7) is 1.70. The standard InChI is InChI=1S/C9H8ClNO2/c1-5-6(4-11)9(13-2)8(12)3-7(5)10/h3,12H,1-2H3. The van der Waals surface area contributed by atoms with Crippen LogP contribution in [0.1, 0.15) is 11.1 Å². The average molecular weight is 198 g/mol. The number of benzene rings is 1. The molecule has 68 valence electrons. The number of phenolic OH excluding ortho intramolecular Hbond substituents is 1. The summed E-state index contributed by atoms with van der Waals surface area (Å²) in [5, 5.41) is 18.5. The van der Waals surface area contributed by atoms with Gasteiger partial charge in [0.2, 0.25) is 0 Å². The fourth-order valence-electron chi connectivity index (χ4n) is 1.05. The van der Waals surface area contributed by atoms with Crippen LogP contribution < -0.4 is 4.74 Å². The Morgan fingerprint density at radius 3 is 2.69 bits per heavy atom. The van der Waals surface area contributed by atoms with Crippen LogP contribution in [-0.4, -0.2) is 12.2 Å². The van der Waals surface area contributed by atoms with Gasteiger partial charge in [0.1, 0.15) is 11.6 Å². The molecule has 0 saturated heterocycles. The van der Waals surface area contributed by atoms with E-state index in [1.165, 1.54) is 13.2 Å². The molecule has 13 heavy (non-hydrogen) atoms. The van der Waals surface area contributed by atoms with Gasteiger partial charge in [-0.2, -0.15) is 5.26 Å². The minimum atomic E-state index is -0.116. The first kappa shape index (κ1) is 9.69. The number of halogens is 1. The molecule has 0 atom stereocenters. The van der Waals surface area contributed by atoms with E-state index in [0.717, 1.165) is 0 Å². The second-order valence-corrected chi connectivity index (χ2v) is 2.93. The van der Waals surface area contributed by atoms with Gasteiger partial charge in [0, 0.05) is 11.1 Å². The molecule has 0 saturated carbocycles. The number of ether oxygens (including phenoxy) is 1. The van der Waals surface area contributed by atoms with E-state index in [2.05, 4.69) is 0 Å². The first-order chi connectivity index (χ1) is 6.11. The van der Waals surface area contributed by atoms with E-state index in [1.54, 1.807) is 6.92 Å². The molecule has 1 aromatic carbocycles. The minimum Gasteiger partial charge on any atom is -0.504 e. The first-order valence-electron chi connectivity index (χ1n) is 3.58. The molecule has 1 N–H and O–H groups in total. The van der Waals surface area contributed by atoms with Crippen molar-refractivity contribution in [1.82, 2.24) is 0 Å². The maximum absolute atomic E-state index is 9.37. The number of nitriles is 1. The molecule has 0 bridgehead atoms. The van der Waals surface area contributed by atoms with Crippen molar-refractivity contribution in [3.8, 4) is 17.6 Å². The lowest BCUT2D eigenvalue weighted by Crippen LogP contribution is -1.92. The van der Waals surface area contributed by atoms with E-state index in [1.807, 2.05) is 6.07 Å². The van der Waals surface area contributed by atoms with Crippen molar-refractivity contribution in [3.05, 3.63) is 22.2 Å². The first-order valence-corrected chi connectivity index (χ1v) is 3.95. The Hall–Kier alpha value is -1.40. The summed E-state index contributed by atoms with van der Waals surface area (Å²) in [5.41, 5.74) is 0.881. The molecule has 0 amide bonds. The highest BCUT2D eigenvalue weighted by Crippen LogP contribution is 2.36. The SMILES string of the molecule is COc1c(O)cc(Cl)c(C)c1C#N. The van der Waals surface area contributed by atoms with E-state index in [9.17, 15) is 5.11 Å². The summed E-state index contributed by atoms with van der Waals surface area (Å²) >= 11 is 5.76. The third-order valence-corrected chi connectivity index (χ3v) is 2.16. The van der Waals surface area contributed by atoms with Crippen LogP contribution in [0, 0.1) is 18.3 Å². The van der Waals surface area contributed by atoms with Crippen molar-refractivity contribution in [3.63, 3.8) is 0 Å². The van der Waals surface area contributed by atoms with Crippen LogP contribution >= 0.6 is 11.6 Å². The second kappa shape index (κ2) is 3.55. The van der Waals surface area contributed by atoms with Crippen molar-refractivity contribution in [2.75, 3.05) is 7.11 Å². The molecular formula is C9H8ClNO2. The predicted molar refractivity (Wildman–Crippen MR) is 49.1 cm³/mol. The van der Waals surface area contributed by atoms with Gasteiger partial charge in [-0.1, -0.05) is 11.6 Å². The number of hydrogen-bond acceptors (Lipinski definition) is 3. The maximum Gasteiger partial charge on any atom is 0.178 e. The van der Waals surface area contributed by atoms with Gasteiger partial charge in [-0.05, 0) is 12.5 Å². The third-order valence-electron chi connectivity index (χ3n) is 1.77. The lowest BCUT2D eigenvalue weighted by atomic mass is 10.1. The molecule has 0 aliphatic heterocycles. The number of phenols is 1. The number of nitrogens with zero attached hydrogens (tertiary/aromatic N) is 1. The van der Waals surface area contributed by atoms with Crippen LogP contribution in [0.15, 0.2) is 6.07 Å². The Bertz CT molecular complexity index is 382. The van der Waals surface area contributed by atoms with Crippen LogP contribution in [0.2, 0.25) is 5.02 Å². The van der Waals surface area contributed by atoms with E-state index in [-0.39, 0.29) is 17.1 Å². The second-order valence-electron chi connectivity index (χ2n) is 2.52. The molecular weight excluding hydrogens is 190 g/mol. The summed E-state index contributed by atoms with van der Waals surface area (Å²) in [5.74, 6) is 0.0547. The lowest BCUT2D eigenvalue weighted by molar-refractivity contribution is 0.372. The Morgan fingerprint density at radius 2 is 2.23 bits per heavy atom. The average Bonchev–Trinajstić information content (AvgIpc) is 2.10. The molecule has 3 nitrogen and oxygen atoms in total. The van der Waals surface area contributed by atoms with Gasteiger partial charge in [-0.15, -0.1) is 0 Å². The number of rotatable bonds is 1. The summed E-state index contributed by atoms with van der Waals surface area (Å²) in [6, 6.07) is 3.28. The summed E-state index contributed by atoms with van der Waals surface area (Å²) in [4.78, 5) is 0. The van der Waals surface area contributed by atoms with E-state index >= 15 is 0 Å². The quantitative estimate of drug-likeness (QED) is 0.751. The highest BCUT2D eigenvalue weighted by atomic mass is 35.5. The van der Waals surface area contributed by atoms with Gasteiger partial charge in [0.15, 0.2) is 11.5 Å². The van der Waals surface area contributed by atoms with Gasteiger partial charge in [0.05, 0.1) is 7.11 Å². The summed E-state index contributed by atoms with van der Waals surface area (Å²) in [6.07, 6.45) is 0. The molecule has 0 aromatic heterocycles. The van der Waals surface area contributed by atoms with Crippen molar-refractivity contribution < 1.29 is 9.84 Å². The van der Waals surface area contributed by atoms with Gasteiger partial charge in [0.25, 0.3) is 0 Å². The predicted octanol–water partition coefficient (Wildman–Crippen LogP) is 2.23. The minimum absolute atomic E-state index is 0.116. The van der Waals surface area contributed by atoms with Crippen LogP contribution in [0.4, 0.5) is 0 Å². The number of methoxy groups -OCH3 is 1. The monoisotopic (exact) mass is 197 g/mol. The van der Waals surface area contributed by atoms with Gasteiger partial charge < -0.3 is 9.84 Å². The molecule has 0 aliphatic carbocycles.